The first-order chi connectivity index (χ1) is 13.4. The van der Waals surface area contributed by atoms with E-state index in [9.17, 15) is 8.42 Å². The summed E-state index contributed by atoms with van der Waals surface area (Å²) >= 11 is 12.2. The summed E-state index contributed by atoms with van der Waals surface area (Å²) in [6, 6.07) is 12.1. The van der Waals surface area contributed by atoms with E-state index in [4.69, 9.17) is 23.2 Å². The van der Waals surface area contributed by atoms with E-state index in [0.29, 0.717) is 24.7 Å². The fraction of sp³-hybridized carbons (Fsp3) is 0.263. The number of anilines is 1. The van der Waals surface area contributed by atoms with Crippen molar-refractivity contribution in [1.82, 2.24) is 14.8 Å². The summed E-state index contributed by atoms with van der Waals surface area (Å²) in [4.78, 5) is 6.23. The maximum atomic E-state index is 13.1. The molecule has 4 rings (SSSR count). The summed E-state index contributed by atoms with van der Waals surface area (Å²) in [7, 11) is -3.52. The molecule has 0 aliphatic carbocycles. The van der Waals surface area contributed by atoms with Crippen molar-refractivity contribution in [2.75, 3.05) is 18.0 Å². The summed E-state index contributed by atoms with van der Waals surface area (Å²) in [5.74, 6) is 0.830. The van der Waals surface area contributed by atoms with Gasteiger partial charge >= 0.3 is 0 Å². The number of aromatic nitrogens is 3. The second kappa shape index (κ2) is 7.39. The normalized spacial score (nSPS) is 17.2. The van der Waals surface area contributed by atoms with Gasteiger partial charge in [0, 0.05) is 31.4 Å². The van der Waals surface area contributed by atoms with Crippen LogP contribution in [-0.2, 0) is 9.84 Å². The SMILES string of the molecule is Cc1cc(N2CC[C@@H](S(=O)(=O)c3ccccc3Cl)C2)n(-c2ccnc(Cl)c2)n1. The third-order valence-electron chi connectivity index (χ3n) is 4.82. The van der Waals surface area contributed by atoms with Crippen LogP contribution in [0.2, 0.25) is 10.2 Å². The van der Waals surface area contributed by atoms with Crippen molar-refractivity contribution < 1.29 is 8.42 Å². The molecule has 1 aliphatic heterocycles. The Hall–Kier alpha value is -2.09. The lowest BCUT2D eigenvalue weighted by Gasteiger charge is -2.20. The average Bonchev–Trinajstić information content (AvgIpc) is 3.29. The fourth-order valence-electron chi connectivity index (χ4n) is 3.47. The van der Waals surface area contributed by atoms with Gasteiger partial charge in [0.15, 0.2) is 9.84 Å². The lowest BCUT2D eigenvalue weighted by Crippen LogP contribution is -2.28. The smallest absolute Gasteiger partial charge is 0.184 e. The van der Waals surface area contributed by atoms with Crippen molar-refractivity contribution >= 4 is 38.9 Å². The maximum Gasteiger partial charge on any atom is 0.184 e. The van der Waals surface area contributed by atoms with Crippen LogP contribution < -0.4 is 4.90 Å². The lowest BCUT2D eigenvalue weighted by atomic mass is 10.4. The minimum absolute atomic E-state index is 0.189. The molecule has 3 heterocycles. The summed E-state index contributed by atoms with van der Waals surface area (Å²) in [5.41, 5.74) is 1.61. The Kier molecular flexibility index (Phi) is 5.07. The molecule has 1 saturated heterocycles. The van der Waals surface area contributed by atoms with E-state index in [2.05, 4.69) is 10.1 Å². The van der Waals surface area contributed by atoms with Gasteiger partial charge in [-0.2, -0.15) is 5.10 Å². The van der Waals surface area contributed by atoms with Crippen LogP contribution in [0, 0.1) is 6.92 Å². The van der Waals surface area contributed by atoms with Crippen LogP contribution in [0.4, 0.5) is 5.82 Å². The highest BCUT2D eigenvalue weighted by Gasteiger charge is 2.36. The zero-order valence-corrected chi connectivity index (χ0v) is 17.4. The van der Waals surface area contributed by atoms with Crippen molar-refractivity contribution in [1.29, 1.82) is 0 Å². The molecule has 146 valence electrons. The van der Waals surface area contributed by atoms with Crippen molar-refractivity contribution in [3.05, 3.63) is 64.5 Å². The van der Waals surface area contributed by atoms with Gasteiger partial charge < -0.3 is 4.90 Å². The molecular weight excluding hydrogens is 419 g/mol. The highest BCUT2D eigenvalue weighted by atomic mass is 35.5. The number of hydrogen-bond donors (Lipinski definition) is 0. The highest BCUT2D eigenvalue weighted by Crippen LogP contribution is 2.32. The van der Waals surface area contributed by atoms with Gasteiger partial charge in [-0.25, -0.2) is 18.1 Å². The number of benzene rings is 1. The summed E-state index contributed by atoms with van der Waals surface area (Å²) in [5, 5.41) is 4.64. The van der Waals surface area contributed by atoms with Gasteiger partial charge in [-0.3, -0.25) is 0 Å². The number of hydrogen-bond acceptors (Lipinski definition) is 5. The molecule has 1 fully saturated rings. The molecule has 0 amide bonds. The number of halogens is 2. The predicted molar refractivity (Wildman–Crippen MR) is 110 cm³/mol. The molecule has 28 heavy (non-hydrogen) atoms. The van der Waals surface area contributed by atoms with E-state index in [-0.39, 0.29) is 9.92 Å². The molecule has 0 saturated carbocycles. The standard InChI is InChI=1S/C19H18Cl2N4O2S/c1-13-10-19(25(23-13)14-6-8-22-18(21)11-14)24-9-7-15(12-24)28(26,27)17-5-3-2-4-16(17)20/h2-6,8,10-11,15H,7,9,12H2,1H3/t15-/m1/s1. The van der Waals surface area contributed by atoms with E-state index in [1.54, 1.807) is 41.2 Å². The zero-order valence-electron chi connectivity index (χ0n) is 15.1. The van der Waals surface area contributed by atoms with Crippen molar-refractivity contribution in [3.63, 3.8) is 0 Å². The Morgan fingerprint density at radius 2 is 1.93 bits per heavy atom. The molecule has 9 heteroatoms. The molecule has 1 aromatic carbocycles. The molecule has 0 N–H and O–H groups in total. The third-order valence-corrected chi connectivity index (χ3v) is 7.70. The van der Waals surface area contributed by atoms with Crippen molar-refractivity contribution in [2.24, 2.45) is 0 Å². The fourth-order valence-corrected chi connectivity index (χ4v) is 5.86. The molecular formula is C19H18Cl2N4O2S. The van der Waals surface area contributed by atoms with E-state index >= 15 is 0 Å². The van der Waals surface area contributed by atoms with Gasteiger partial charge in [-0.15, -0.1) is 0 Å². The minimum Gasteiger partial charge on any atom is -0.355 e. The Balaban J connectivity index is 1.65. The van der Waals surface area contributed by atoms with Crippen LogP contribution in [0.25, 0.3) is 5.69 Å². The van der Waals surface area contributed by atoms with Crippen LogP contribution in [0.5, 0.6) is 0 Å². The average molecular weight is 437 g/mol. The summed E-state index contributed by atoms with van der Waals surface area (Å²) in [6.45, 7) is 2.88. The third kappa shape index (κ3) is 3.50. The van der Waals surface area contributed by atoms with Gasteiger partial charge in [-0.05, 0) is 31.5 Å². The number of aryl methyl sites for hydroxylation is 1. The Labute approximate surface area is 173 Å². The second-order valence-corrected chi connectivity index (χ2v) is 9.72. The molecule has 3 aromatic rings. The van der Waals surface area contributed by atoms with Crippen molar-refractivity contribution in [2.45, 2.75) is 23.5 Å². The van der Waals surface area contributed by atoms with E-state index in [1.807, 2.05) is 24.0 Å². The molecule has 0 radical (unpaired) electrons. The zero-order chi connectivity index (χ0) is 19.9. The van der Waals surface area contributed by atoms with Gasteiger partial charge in [0.05, 0.1) is 26.5 Å². The lowest BCUT2D eigenvalue weighted by molar-refractivity contribution is 0.583. The first-order valence-corrected chi connectivity index (χ1v) is 11.1. The quantitative estimate of drug-likeness (QED) is 0.579. The summed E-state index contributed by atoms with van der Waals surface area (Å²) < 4.78 is 27.9. The Morgan fingerprint density at radius 1 is 1.14 bits per heavy atom. The van der Waals surface area contributed by atoms with Crippen LogP contribution in [-0.4, -0.2) is 41.5 Å². The van der Waals surface area contributed by atoms with Crippen LogP contribution in [0.3, 0.4) is 0 Å². The Bertz CT molecular complexity index is 1130. The molecule has 0 unspecified atom stereocenters. The topological polar surface area (TPSA) is 68.1 Å². The number of rotatable bonds is 4. The summed E-state index contributed by atoms with van der Waals surface area (Å²) in [6.07, 6.45) is 2.14. The largest absolute Gasteiger partial charge is 0.355 e. The number of nitrogens with zero attached hydrogens (tertiary/aromatic N) is 4. The van der Waals surface area contributed by atoms with Crippen LogP contribution in [0.15, 0.2) is 53.6 Å². The molecule has 1 aliphatic rings. The van der Waals surface area contributed by atoms with Crippen LogP contribution >= 0.6 is 23.2 Å². The maximum absolute atomic E-state index is 13.1. The van der Waals surface area contributed by atoms with Gasteiger partial charge in [0.2, 0.25) is 0 Å². The Morgan fingerprint density at radius 3 is 2.68 bits per heavy atom. The van der Waals surface area contributed by atoms with E-state index < -0.39 is 15.1 Å². The van der Waals surface area contributed by atoms with Gasteiger partial charge in [0.25, 0.3) is 0 Å². The van der Waals surface area contributed by atoms with Gasteiger partial charge in [0.1, 0.15) is 11.0 Å². The molecule has 1 atom stereocenters. The first-order valence-electron chi connectivity index (χ1n) is 8.78. The number of sulfone groups is 1. The molecule has 2 aromatic heterocycles. The highest BCUT2D eigenvalue weighted by molar-refractivity contribution is 7.92. The molecule has 6 nitrogen and oxygen atoms in total. The monoisotopic (exact) mass is 436 g/mol. The van der Waals surface area contributed by atoms with Crippen LogP contribution in [0.1, 0.15) is 12.1 Å². The molecule has 0 bridgehead atoms. The minimum atomic E-state index is -3.52. The van der Waals surface area contributed by atoms with Crippen molar-refractivity contribution in [3.8, 4) is 5.69 Å². The van der Waals surface area contributed by atoms with E-state index in [0.717, 1.165) is 17.2 Å². The predicted octanol–water partition coefficient (Wildman–Crippen LogP) is 3.94. The van der Waals surface area contributed by atoms with E-state index in [1.165, 1.54) is 0 Å². The number of pyridine rings is 1. The van der Waals surface area contributed by atoms with Gasteiger partial charge in [-0.1, -0.05) is 35.3 Å². The first kappa shape index (κ1) is 19.2. The second-order valence-electron chi connectivity index (χ2n) is 6.72. The molecule has 0 spiro atoms.